The topological polar surface area (TPSA) is 71.8 Å². The van der Waals surface area contributed by atoms with E-state index in [1.54, 1.807) is 41.1 Å². The minimum Gasteiger partial charge on any atom is -0.324 e. The number of fused-ring (bicyclic) bond motifs is 1. The molecule has 1 amide bonds. The monoisotopic (exact) mass is 459 g/mol. The van der Waals surface area contributed by atoms with Gasteiger partial charge in [-0.15, -0.1) is 5.10 Å². The van der Waals surface area contributed by atoms with E-state index in [1.807, 2.05) is 37.3 Å². The van der Waals surface area contributed by atoms with Gasteiger partial charge in [0, 0.05) is 16.3 Å². The van der Waals surface area contributed by atoms with Crippen LogP contribution in [0, 0.1) is 12.7 Å². The van der Waals surface area contributed by atoms with Crippen LogP contribution in [0.2, 0.25) is 5.02 Å². The normalized spacial score (nSPS) is 14.8. The summed E-state index contributed by atoms with van der Waals surface area (Å²) in [7, 11) is 0. The minimum atomic E-state index is -0.370. The number of nitrogens with zero attached hydrogens (tertiary/aromatic N) is 3. The summed E-state index contributed by atoms with van der Waals surface area (Å²) in [5.41, 5.74) is 4.21. The van der Waals surface area contributed by atoms with E-state index in [2.05, 4.69) is 20.7 Å². The lowest BCUT2D eigenvalue weighted by molar-refractivity contribution is 0.102. The van der Waals surface area contributed by atoms with E-state index in [4.69, 9.17) is 11.6 Å². The molecule has 8 heteroatoms. The van der Waals surface area contributed by atoms with Gasteiger partial charge in [-0.25, -0.2) is 9.07 Å². The molecule has 2 N–H and O–H groups in total. The largest absolute Gasteiger partial charge is 0.324 e. The quantitative estimate of drug-likeness (QED) is 0.411. The number of amides is 1. The predicted octanol–water partition coefficient (Wildman–Crippen LogP) is 5.69. The summed E-state index contributed by atoms with van der Waals surface area (Å²) >= 11 is 6.00. The van der Waals surface area contributed by atoms with E-state index in [1.165, 1.54) is 12.1 Å². The van der Waals surface area contributed by atoms with E-state index in [0.717, 1.165) is 22.4 Å². The molecule has 0 bridgehead atoms. The maximum absolute atomic E-state index is 13.5. The Morgan fingerprint density at radius 1 is 1.09 bits per heavy atom. The molecule has 5 rings (SSSR count). The smallest absolute Gasteiger partial charge is 0.258 e. The van der Waals surface area contributed by atoms with Crippen molar-refractivity contribution in [3.05, 3.63) is 112 Å². The number of aromatic nitrogens is 3. The van der Waals surface area contributed by atoms with Crippen molar-refractivity contribution in [1.82, 2.24) is 14.8 Å². The molecule has 0 saturated heterocycles. The van der Waals surface area contributed by atoms with Crippen molar-refractivity contribution >= 4 is 35.1 Å². The highest BCUT2D eigenvalue weighted by Crippen LogP contribution is 2.33. The molecule has 1 aliphatic heterocycles. The molecule has 1 aliphatic rings. The zero-order valence-electron chi connectivity index (χ0n) is 17.6. The highest BCUT2D eigenvalue weighted by atomic mass is 35.5. The van der Waals surface area contributed by atoms with Crippen LogP contribution in [-0.2, 0) is 0 Å². The first kappa shape index (κ1) is 20.9. The summed E-state index contributed by atoms with van der Waals surface area (Å²) in [4.78, 5) is 17.1. The molecule has 1 aromatic heterocycles. The molecule has 3 aromatic carbocycles. The molecule has 1 unspecified atom stereocenters. The first-order valence-electron chi connectivity index (χ1n) is 10.3. The minimum absolute atomic E-state index is 0.146. The number of carbonyl (C=O) groups is 1. The number of aryl methyl sites for hydroxylation is 1. The summed E-state index contributed by atoms with van der Waals surface area (Å²) in [6.07, 6.45) is 2.00. The Morgan fingerprint density at radius 3 is 2.58 bits per heavy atom. The van der Waals surface area contributed by atoms with Gasteiger partial charge < -0.3 is 5.32 Å². The highest BCUT2D eigenvalue weighted by Gasteiger charge is 2.26. The van der Waals surface area contributed by atoms with Gasteiger partial charge in [0.25, 0.3) is 11.9 Å². The van der Waals surface area contributed by atoms with Crippen molar-refractivity contribution in [1.29, 1.82) is 0 Å². The molecule has 0 radical (unpaired) electrons. The van der Waals surface area contributed by atoms with Crippen LogP contribution in [0.1, 0.15) is 33.1 Å². The van der Waals surface area contributed by atoms with Gasteiger partial charge in [0.2, 0.25) is 5.95 Å². The van der Waals surface area contributed by atoms with E-state index < -0.39 is 0 Å². The highest BCUT2D eigenvalue weighted by molar-refractivity contribution is 6.31. The van der Waals surface area contributed by atoms with E-state index >= 15 is 0 Å². The fourth-order valence-corrected chi connectivity index (χ4v) is 3.84. The fraction of sp³-hybridized carbons (Fsp3) is 0.0800. The molecule has 1 atom stereocenters. The van der Waals surface area contributed by atoms with Gasteiger partial charge in [0.15, 0.2) is 0 Å². The average molecular weight is 460 g/mol. The summed E-state index contributed by atoms with van der Waals surface area (Å²) < 4.78 is 15.2. The van der Waals surface area contributed by atoms with Gasteiger partial charge >= 0.3 is 0 Å². The van der Waals surface area contributed by atoms with Crippen molar-refractivity contribution in [3.8, 4) is 0 Å². The van der Waals surface area contributed by atoms with Gasteiger partial charge in [-0.3, -0.25) is 10.1 Å². The Morgan fingerprint density at radius 2 is 1.85 bits per heavy atom. The molecular weight excluding hydrogens is 441 g/mol. The van der Waals surface area contributed by atoms with Crippen LogP contribution in [0.25, 0.3) is 5.70 Å². The van der Waals surface area contributed by atoms with Crippen molar-refractivity contribution < 1.29 is 9.18 Å². The van der Waals surface area contributed by atoms with Crippen molar-refractivity contribution in [3.63, 3.8) is 0 Å². The Balaban J connectivity index is 1.51. The third kappa shape index (κ3) is 4.36. The first-order chi connectivity index (χ1) is 16.0. The molecule has 2 heterocycles. The summed E-state index contributed by atoms with van der Waals surface area (Å²) in [5, 5.41) is 11.0. The SMILES string of the molecule is Cc1ccc(C2=CC(c3ccc(F)cc3)n3nc(NC(=O)c4cccc(Cl)c4)nc3N2)cc1. The number of nitrogens with one attached hydrogen (secondary N) is 2. The molecule has 33 heavy (non-hydrogen) atoms. The summed E-state index contributed by atoms with van der Waals surface area (Å²) in [6.45, 7) is 2.03. The standard InChI is InChI=1S/C25H19ClFN5O/c1-15-5-7-16(8-6-15)21-14-22(17-9-11-20(27)12-10-17)32-25(28-21)30-24(31-32)29-23(33)18-3-2-4-19(26)13-18/h2-14,22H,1H3,(H2,28,29,30,31,33). The molecule has 4 aromatic rings. The van der Waals surface area contributed by atoms with Crippen molar-refractivity contribution in [2.45, 2.75) is 13.0 Å². The first-order valence-corrected chi connectivity index (χ1v) is 10.7. The molecule has 0 saturated carbocycles. The van der Waals surface area contributed by atoms with Crippen molar-refractivity contribution in [2.24, 2.45) is 0 Å². The van der Waals surface area contributed by atoms with E-state index in [9.17, 15) is 9.18 Å². The Labute approximate surface area is 194 Å². The fourth-order valence-electron chi connectivity index (χ4n) is 3.65. The van der Waals surface area contributed by atoms with Crippen LogP contribution in [-0.4, -0.2) is 20.7 Å². The molecular formula is C25H19ClFN5O. The van der Waals surface area contributed by atoms with Crippen LogP contribution in [0.15, 0.2) is 78.9 Å². The maximum Gasteiger partial charge on any atom is 0.258 e. The molecule has 164 valence electrons. The van der Waals surface area contributed by atoms with Gasteiger partial charge in [0.05, 0.1) is 0 Å². The summed E-state index contributed by atoms with van der Waals surface area (Å²) in [5.74, 6) is -0.0776. The lowest BCUT2D eigenvalue weighted by atomic mass is 10.0. The van der Waals surface area contributed by atoms with Crippen LogP contribution in [0.5, 0.6) is 0 Å². The molecule has 6 nitrogen and oxygen atoms in total. The second-order valence-electron chi connectivity index (χ2n) is 7.74. The number of hydrogen-bond donors (Lipinski definition) is 2. The van der Waals surface area contributed by atoms with Crippen molar-refractivity contribution in [2.75, 3.05) is 10.6 Å². The van der Waals surface area contributed by atoms with Crippen LogP contribution >= 0.6 is 11.6 Å². The number of anilines is 2. The number of allylic oxidation sites excluding steroid dienone is 1. The third-order valence-corrected chi connectivity index (χ3v) is 5.59. The van der Waals surface area contributed by atoms with Crippen LogP contribution in [0.4, 0.5) is 16.3 Å². The van der Waals surface area contributed by atoms with E-state index in [0.29, 0.717) is 16.5 Å². The van der Waals surface area contributed by atoms with Gasteiger partial charge in [0.1, 0.15) is 11.9 Å². The Bertz CT molecular complexity index is 1360. The third-order valence-electron chi connectivity index (χ3n) is 5.35. The number of carbonyl (C=O) groups excluding carboxylic acids is 1. The molecule has 0 aliphatic carbocycles. The molecule has 0 fully saturated rings. The Kier molecular flexibility index (Phi) is 5.40. The second-order valence-corrected chi connectivity index (χ2v) is 8.17. The van der Waals surface area contributed by atoms with Gasteiger partial charge in [-0.1, -0.05) is 59.6 Å². The van der Waals surface area contributed by atoms with Gasteiger partial charge in [-0.05, 0) is 54.5 Å². The lowest BCUT2D eigenvalue weighted by Gasteiger charge is -2.24. The number of benzene rings is 3. The average Bonchev–Trinajstić information content (AvgIpc) is 3.22. The zero-order chi connectivity index (χ0) is 22.9. The van der Waals surface area contributed by atoms with Crippen LogP contribution < -0.4 is 10.6 Å². The van der Waals surface area contributed by atoms with Crippen LogP contribution in [0.3, 0.4) is 0 Å². The number of rotatable bonds is 4. The number of halogens is 2. The predicted molar refractivity (Wildman–Crippen MR) is 127 cm³/mol. The number of hydrogen-bond acceptors (Lipinski definition) is 4. The zero-order valence-corrected chi connectivity index (χ0v) is 18.3. The van der Waals surface area contributed by atoms with Gasteiger partial charge in [-0.2, -0.15) is 4.98 Å². The lowest BCUT2D eigenvalue weighted by Crippen LogP contribution is -2.20. The van der Waals surface area contributed by atoms with E-state index in [-0.39, 0.29) is 23.7 Å². The second kappa shape index (κ2) is 8.52. The maximum atomic E-state index is 13.5. The summed E-state index contributed by atoms with van der Waals surface area (Å²) in [6, 6.07) is 20.6. The Hall–Kier alpha value is -3.97. The molecule has 0 spiro atoms.